The van der Waals surface area contributed by atoms with E-state index in [-0.39, 0.29) is 24.3 Å². The first-order valence-corrected chi connectivity index (χ1v) is 12.4. The summed E-state index contributed by atoms with van der Waals surface area (Å²) in [5, 5.41) is 17.3. The summed E-state index contributed by atoms with van der Waals surface area (Å²) in [6.07, 6.45) is 6.99. The highest BCUT2D eigenvalue weighted by molar-refractivity contribution is 8.03. The smallest absolute Gasteiger partial charge is 0.337 e. The Labute approximate surface area is 204 Å². The molecule has 2 N–H and O–H groups in total. The molecule has 6 nitrogen and oxygen atoms in total. The Morgan fingerprint density at radius 1 is 1.33 bits per heavy atom. The third kappa shape index (κ3) is 6.21. The Kier molecular flexibility index (Phi) is 9.04. The zero-order chi connectivity index (χ0) is 23.8. The van der Waals surface area contributed by atoms with Gasteiger partial charge in [-0.05, 0) is 31.4 Å². The molecule has 1 fully saturated rings. The molecule has 1 aliphatic heterocycles. The minimum Gasteiger partial charge on any atom is -0.458 e. The van der Waals surface area contributed by atoms with Crippen molar-refractivity contribution >= 4 is 35.2 Å². The van der Waals surface area contributed by atoms with Crippen LogP contribution in [0.15, 0.2) is 58.8 Å². The number of dihydropyridines is 1. The van der Waals surface area contributed by atoms with E-state index >= 15 is 0 Å². The number of carbonyl (C=O) groups excluding carboxylic acids is 2. The van der Waals surface area contributed by atoms with Gasteiger partial charge in [-0.3, -0.25) is 4.79 Å². The van der Waals surface area contributed by atoms with Crippen LogP contribution in [-0.2, 0) is 14.3 Å². The first-order valence-electron chi connectivity index (χ1n) is 11.0. The van der Waals surface area contributed by atoms with Gasteiger partial charge in [0.15, 0.2) is 0 Å². The number of hydrogen-bond acceptors (Lipinski definition) is 6. The molecule has 1 aromatic carbocycles. The van der Waals surface area contributed by atoms with Crippen molar-refractivity contribution < 1.29 is 14.3 Å². The van der Waals surface area contributed by atoms with Gasteiger partial charge in [-0.2, -0.15) is 5.26 Å². The maximum atomic E-state index is 12.9. The van der Waals surface area contributed by atoms with Gasteiger partial charge in [0.1, 0.15) is 6.61 Å². The van der Waals surface area contributed by atoms with Crippen molar-refractivity contribution in [2.24, 2.45) is 0 Å². The van der Waals surface area contributed by atoms with E-state index in [1.165, 1.54) is 24.3 Å². The van der Waals surface area contributed by atoms with Crippen LogP contribution in [0.25, 0.3) is 0 Å². The topological polar surface area (TPSA) is 91.2 Å². The van der Waals surface area contributed by atoms with Gasteiger partial charge in [0.2, 0.25) is 5.91 Å². The number of nitrogens with zero attached hydrogens (tertiary/aromatic N) is 1. The van der Waals surface area contributed by atoms with E-state index in [4.69, 9.17) is 16.3 Å². The van der Waals surface area contributed by atoms with E-state index in [1.54, 1.807) is 25.1 Å². The number of rotatable bonds is 8. The van der Waals surface area contributed by atoms with Crippen LogP contribution in [0.2, 0.25) is 5.02 Å². The molecule has 2 aliphatic rings. The van der Waals surface area contributed by atoms with Gasteiger partial charge in [-0.25, -0.2) is 4.79 Å². The standard InChI is InChI=1S/C25H28ClN3O3S/c1-3-13-32-25(31)22-16(2)28-24(33-15-21(30)29-17-9-5-4-6-10-17)19(14-27)23(22)18-11-7-8-12-20(18)26/h3,7-8,11-12,17,23,28H,1,4-6,9-10,13,15H2,2H3,(H,29,30)/t23-/m0/s1. The summed E-state index contributed by atoms with van der Waals surface area (Å²) >= 11 is 7.73. The average molecular weight is 486 g/mol. The van der Waals surface area contributed by atoms with Gasteiger partial charge in [0.25, 0.3) is 0 Å². The SMILES string of the molecule is C=CCOC(=O)C1=C(C)NC(SCC(=O)NC2CCCCC2)=C(C#N)[C@@H]1c1ccccc1Cl. The number of carbonyl (C=O) groups is 2. The quantitative estimate of drug-likeness (QED) is 0.400. The number of halogens is 1. The minimum atomic E-state index is -0.703. The van der Waals surface area contributed by atoms with E-state index in [9.17, 15) is 14.9 Å². The zero-order valence-electron chi connectivity index (χ0n) is 18.7. The van der Waals surface area contributed by atoms with Crippen molar-refractivity contribution in [1.29, 1.82) is 5.26 Å². The second-order valence-corrected chi connectivity index (χ2v) is 9.44. The lowest BCUT2D eigenvalue weighted by Gasteiger charge is -2.30. The van der Waals surface area contributed by atoms with Crippen molar-refractivity contribution in [3.05, 3.63) is 69.4 Å². The second kappa shape index (κ2) is 12.0. The molecule has 1 atom stereocenters. The molecule has 8 heteroatoms. The van der Waals surface area contributed by atoms with Crippen molar-refractivity contribution in [1.82, 2.24) is 10.6 Å². The molecule has 0 radical (unpaired) electrons. The fourth-order valence-corrected chi connectivity index (χ4v) is 5.33. The van der Waals surface area contributed by atoms with Crippen molar-refractivity contribution in [2.45, 2.75) is 51.0 Å². The minimum absolute atomic E-state index is 0.0550. The maximum absolute atomic E-state index is 12.9. The predicted octanol–water partition coefficient (Wildman–Crippen LogP) is 4.95. The molecule has 1 saturated carbocycles. The van der Waals surface area contributed by atoms with Crippen LogP contribution < -0.4 is 10.6 Å². The molecule has 174 valence electrons. The molecule has 0 unspecified atom stereocenters. The van der Waals surface area contributed by atoms with Gasteiger partial charge >= 0.3 is 5.97 Å². The number of amides is 1. The molecule has 33 heavy (non-hydrogen) atoms. The number of thioether (sulfide) groups is 1. The Hall–Kier alpha value is -2.69. The maximum Gasteiger partial charge on any atom is 0.337 e. The summed E-state index contributed by atoms with van der Waals surface area (Å²) in [7, 11) is 0. The Morgan fingerprint density at radius 2 is 2.06 bits per heavy atom. The number of nitriles is 1. The van der Waals surface area contributed by atoms with Crippen LogP contribution in [0.4, 0.5) is 0 Å². The fraction of sp³-hybridized carbons (Fsp3) is 0.400. The van der Waals surface area contributed by atoms with Crippen molar-refractivity contribution in [3.63, 3.8) is 0 Å². The third-order valence-electron chi connectivity index (χ3n) is 5.73. The highest BCUT2D eigenvalue weighted by Crippen LogP contribution is 2.43. The van der Waals surface area contributed by atoms with Crippen LogP contribution in [0, 0.1) is 11.3 Å². The van der Waals surface area contributed by atoms with Gasteiger partial charge in [0, 0.05) is 16.8 Å². The zero-order valence-corrected chi connectivity index (χ0v) is 20.2. The van der Waals surface area contributed by atoms with Crippen LogP contribution in [0.3, 0.4) is 0 Å². The monoisotopic (exact) mass is 485 g/mol. The second-order valence-electron chi connectivity index (χ2n) is 8.05. The van der Waals surface area contributed by atoms with Gasteiger partial charge in [0.05, 0.1) is 33.9 Å². The largest absolute Gasteiger partial charge is 0.458 e. The molecule has 0 spiro atoms. The third-order valence-corrected chi connectivity index (χ3v) is 7.10. The Balaban J connectivity index is 1.88. The van der Waals surface area contributed by atoms with Gasteiger partial charge in [-0.1, -0.05) is 73.5 Å². The summed E-state index contributed by atoms with van der Waals surface area (Å²) in [6, 6.07) is 9.58. The first-order chi connectivity index (χ1) is 16.0. The first kappa shape index (κ1) is 24.9. The number of esters is 1. The van der Waals surface area contributed by atoms with E-state index < -0.39 is 11.9 Å². The molecule has 1 aromatic rings. The lowest BCUT2D eigenvalue weighted by molar-refractivity contribution is -0.138. The predicted molar refractivity (Wildman–Crippen MR) is 131 cm³/mol. The molecule has 0 saturated heterocycles. The summed E-state index contributed by atoms with van der Waals surface area (Å²) < 4.78 is 5.30. The van der Waals surface area contributed by atoms with E-state index in [0.29, 0.717) is 32.5 Å². The Morgan fingerprint density at radius 3 is 2.73 bits per heavy atom. The summed E-state index contributed by atoms with van der Waals surface area (Å²) in [6.45, 7) is 5.39. The number of benzene rings is 1. The lowest BCUT2D eigenvalue weighted by atomic mass is 9.82. The molecule has 0 aromatic heterocycles. The van der Waals surface area contributed by atoms with Crippen LogP contribution in [-0.4, -0.2) is 30.3 Å². The molecule has 1 amide bonds. The Bertz CT molecular complexity index is 1020. The van der Waals surface area contributed by atoms with E-state index in [1.807, 2.05) is 6.07 Å². The van der Waals surface area contributed by atoms with Crippen LogP contribution >= 0.6 is 23.4 Å². The highest BCUT2D eigenvalue weighted by Gasteiger charge is 2.36. The highest BCUT2D eigenvalue weighted by atomic mass is 35.5. The van der Waals surface area contributed by atoms with Crippen LogP contribution in [0.1, 0.15) is 50.5 Å². The summed E-state index contributed by atoms with van der Waals surface area (Å²) in [5.74, 6) is -1.14. The molecule has 1 aliphatic carbocycles. The van der Waals surface area contributed by atoms with E-state index in [0.717, 1.165) is 25.7 Å². The van der Waals surface area contributed by atoms with Crippen molar-refractivity contribution in [3.8, 4) is 6.07 Å². The van der Waals surface area contributed by atoms with Gasteiger partial charge in [-0.15, -0.1) is 0 Å². The number of allylic oxidation sites excluding steroid dienone is 2. The number of nitrogens with one attached hydrogen (secondary N) is 2. The molecule has 1 heterocycles. The molecular formula is C25H28ClN3O3S. The number of ether oxygens (including phenoxy) is 1. The normalized spacial score (nSPS) is 18.9. The van der Waals surface area contributed by atoms with Crippen LogP contribution in [0.5, 0.6) is 0 Å². The lowest BCUT2D eigenvalue weighted by Crippen LogP contribution is -2.37. The average Bonchev–Trinajstić information content (AvgIpc) is 2.81. The molecular weight excluding hydrogens is 458 g/mol. The van der Waals surface area contributed by atoms with Gasteiger partial charge < -0.3 is 15.4 Å². The summed E-state index contributed by atoms with van der Waals surface area (Å²) in [4.78, 5) is 25.4. The molecule has 0 bridgehead atoms. The fourth-order valence-electron chi connectivity index (χ4n) is 4.18. The molecule has 3 rings (SSSR count). The number of hydrogen-bond donors (Lipinski definition) is 2. The van der Waals surface area contributed by atoms with E-state index in [2.05, 4.69) is 23.3 Å². The van der Waals surface area contributed by atoms with Crippen molar-refractivity contribution in [2.75, 3.05) is 12.4 Å². The summed E-state index contributed by atoms with van der Waals surface area (Å²) in [5.41, 5.74) is 1.84.